The average molecular weight is 412 g/mol. The van der Waals surface area contributed by atoms with Crippen molar-refractivity contribution in [3.63, 3.8) is 0 Å². The standard InChI is InChI=1S/C23H28N2O5/c1-24(15-16-11-12-19(28-2)21(30-4)20(16)29-3)13-7-8-14-25-22(26)17-9-5-6-10-18(17)23(25)27/h5-6,9-12H,7-8,13-15H2,1-4H3. The molecule has 160 valence electrons. The van der Waals surface area contributed by atoms with Crippen molar-refractivity contribution in [2.75, 3.05) is 41.5 Å². The third-order valence-corrected chi connectivity index (χ3v) is 5.28. The highest BCUT2D eigenvalue weighted by Gasteiger charge is 2.34. The van der Waals surface area contributed by atoms with Crippen LogP contribution < -0.4 is 14.2 Å². The van der Waals surface area contributed by atoms with Crippen LogP contribution >= 0.6 is 0 Å². The Morgan fingerprint density at radius 2 is 1.47 bits per heavy atom. The maximum Gasteiger partial charge on any atom is 0.261 e. The molecule has 0 N–H and O–H groups in total. The van der Waals surface area contributed by atoms with Gasteiger partial charge in [0.25, 0.3) is 11.8 Å². The van der Waals surface area contributed by atoms with Gasteiger partial charge >= 0.3 is 0 Å². The van der Waals surface area contributed by atoms with Crippen molar-refractivity contribution in [1.29, 1.82) is 0 Å². The van der Waals surface area contributed by atoms with Crippen LogP contribution in [0, 0.1) is 0 Å². The number of fused-ring (bicyclic) bond motifs is 1. The molecule has 7 heteroatoms. The molecule has 0 radical (unpaired) electrons. The average Bonchev–Trinajstić information content (AvgIpc) is 3.01. The van der Waals surface area contributed by atoms with E-state index in [1.165, 1.54) is 4.90 Å². The lowest BCUT2D eigenvalue weighted by molar-refractivity contribution is 0.0650. The molecule has 2 aromatic rings. The zero-order chi connectivity index (χ0) is 21.7. The van der Waals surface area contributed by atoms with Crippen molar-refractivity contribution < 1.29 is 23.8 Å². The second kappa shape index (κ2) is 9.63. The molecule has 1 aliphatic heterocycles. The first-order chi connectivity index (χ1) is 14.5. The molecule has 0 fully saturated rings. The van der Waals surface area contributed by atoms with Gasteiger partial charge in [0.1, 0.15) is 0 Å². The van der Waals surface area contributed by atoms with Gasteiger partial charge in [-0.15, -0.1) is 0 Å². The maximum atomic E-state index is 12.4. The van der Waals surface area contributed by atoms with Crippen LogP contribution in [-0.2, 0) is 6.54 Å². The number of unbranched alkanes of at least 4 members (excludes halogenated alkanes) is 1. The van der Waals surface area contributed by atoms with Crippen molar-refractivity contribution in [3.05, 3.63) is 53.1 Å². The van der Waals surface area contributed by atoms with Crippen molar-refractivity contribution in [2.45, 2.75) is 19.4 Å². The van der Waals surface area contributed by atoms with E-state index in [2.05, 4.69) is 4.90 Å². The molecular formula is C23H28N2O5. The largest absolute Gasteiger partial charge is 0.493 e. The van der Waals surface area contributed by atoms with Crippen LogP contribution in [0.4, 0.5) is 0 Å². The molecule has 30 heavy (non-hydrogen) atoms. The summed E-state index contributed by atoms with van der Waals surface area (Å²) in [6.45, 7) is 1.93. The summed E-state index contributed by atoms with van der Waals surface area (Å²) < 4.78 is 16.3. The third kappa shape index (κ3) is 4.26. The lowest BCUT2D eigenvalue weighted by atomic mass is 10.1. The number of rotatable bonds is 10. The summed E-state index contributed by atoms with van der Waals surface area (Å²) in [6.07, 6.45) is 1.61. The van der Waals surface area contributed by atoms with E-state index in [9.17, 15) is 9.59 Å². The fourth-order valence-electron chi connectivity index (χ4n) is 3.75. The van der Waals surface area contributed by atoms with Crippen LogP contribution in [0.2, 0.25) is 0 Å². The molecule has 0 saturated carbocycles. The minimum Gasteiger partial charge on any atom is -0.493 e. The fraction of sp³-hybridized carbons (Fsp3) is 0.391. The van der Waals surface area contributed by atoms with Gasteiger partial charge in [-0.25, -0.2) is 0 Å². The summed E-state index contributed by atoms with van der Waals surface area (Å²) >= 11 is 0. The van der Waals surface area contributed by atoms with E-state index < -0.39 is 0 Å². The number of amides is 2. The van der Waals surface area contributed by atoms with Crippen LogP contribution in [0.5, 0.6) is 17.2 Å². The maximum absolute atomic E-state index is 12.4. The molecule has 0 atom stereocenters. The molecular weight excluding hydrogens is 384 g/mol. The molecule has 1 heterocycles. The number of benzene rings is 2. The zero-order valence-corrected chi connectivity index (χ0v) is 17.9. The van der Waals surface area contributed by atoms with Crippen molar-refractivity contribution >= 4 is 11.8 Å². The Morgan fingerprint density at radius 3 is 2.03 bits per heavy atom. The number of hydrogen-bond donors (Lipinski definition) is 0. The van der Waals surface area contributed by atoms with Crippen LogP contribution in [0.3, 0.4) is 0 Å². The third-order valence-electron chi connectivity index (χ3n) is 5.28. The number of hydrogen-bond acceptors (Lipinski definition) is 6. The number of carbonyl (C=O) groups is 2. The van der Waals surface area contributed by atoms with E-state index in [0.717, 1.165) is 24.9 Å². The summed E-state index contributed by atoms with van der Waals surface area (Å²) in [5.74, 6) is 1.48. The molecule has 0 saturated heterocycles. The summed E-state index contributed by atoms with van der Waals surface area (Å²) in [4.78, 5) is 28.4. The van der Waals surface area contributed by atoms with E-state index in [1.807, 2.05) is 19.2 Å². The highest BCUT2D eigenvalue weighted by molar-refractivity contribution is 6.21. The first-order valence-electron chi connectivity index (χ1n) is 9.93. The van der Waals surface area contributed by atoms with Gasteiger partial charge in [-0.2, -0.15) is 0 Å². The SMILES string of the molecule is COc1ccc(CN(C)CCCCN2C(=O)c3ccccc3C2=O)c(OC)c1OC. The summed E-state index contributed by atoms with van der Waals surface area (Å²) in [6, 6.07) is 10.8. The van der Waals surface area contributed by atoms with Crippen LogP contribution in [0.25, 0.3) is 0 Å². The molecule has 1 aliphatic rings. The van der Waals surface area contributed by atoms with Gasteiger partial charge < -0.3 is 19.1 Å². The predicted molar refractivity (Wildman–Crippen MR) is 113 cm³/mol. The van der Waals surface area contributed by atoms with Gasteiger partial charge in [0.2, 0.25) is 5.75 Å². The van der Waals surface area contributed by atoms with Gasteiger partial charge in [0.05, 0.1) is 32.5 Å². The number of ether oxygens (including phenoxy) is 3. The first-order valence-corrected chi connectivity index (χ1v) is 9.93. The number of imide groups is 1. The molecule has 2 aromatic carbocycles. The Balaban J connectivity index is 1.52. The Kier molecular flexibility index (Phi) is 6.95. The van der Waals surface area contributed by atoms with E-state index >= 15 is 0 Å². The molecule has 0 aromatic heterocycles. The van der Waals surface area contributed by atoms with Crippen LogP contribution in [-0.4, -0.2) is 63.1 Å². The quantitative estimate of drug-likeness (QED) is 0.441. The highest BCUT2D eigenvalue weighted by atomic mass is 16.5. The molecule has 2 amide bonds. The van der Waals surface area contributed by atoms with E-state index in [1.54, 1.807) is 45.6 Å². The van der Waals surface area contributed by atoms with Crippen molar-refractivity contribution in [1.82, 2.24) is 9.80 Å². The topological polar surface area (TPSA) is 68.3 Å². The van der Waals surface area contributed by atoms with Gasteiger partial charge in [-0.1, -0.05) is 18.2 Å². The molecule has 0 bridgehead atoms. The van der Waals surface area contributed by atoms with Gasteiger partial charge in [0, 0.05) is 18.7 Å². The normalized spacial score (nSPS) is 13.0. The second-order valence-electron chi connectivity index (χ2n) is 7.25. The number of methoxy groups -OCH3 is 3. The molecule has 7 nitrogen and oxygen atoms in total. The minimum absolute atomic E-state index is 0.195. The van der Waals surface area contributed by atoms with E-state index in [4.69, 9.17) is 14.2 Å². The van der Waals surface area contributed by atoms with Crippen LogP contribution in [0.1, 0.15) is 39.1 Å². The second-order valence-corrected chi connectivity index (χ2v) is 7.25. The van der Waals surface area contributed by atoms with Crippen LogP contribution in [0.15, 0.2) is 36.4 Å². The Hall–Kier alpha value is -3.06. The molecule has 3 rings (SSSR count). The zero-order valence-electron chi connectivity index (χ0n) is 17.9. The monoisotopic (exact) mass is 412 g/mol. The minimum atomic E-state index is -0.195. The molecule has 0 unspecified atom stereocenters. The Morgan fingerprint density at radius 1 is 0.833 bits per heavy atom. The number of carbonyl (C=O) groups excluding carboxylic acids is 2. The van der Waals surface area contributed by atoms with Crippen molar-refractivity contribution in [3.8, 4) is 17.2 Å². The molecule has 0 spiro atoms. The number of nitrogens with zero attached hydrogens (tertiary/aromatic N) is 2. The lowest BCUT2D eigenvalue weighted by Crippen LogP contribution is -2.31. The molecule has 0 aliphatic carbocycles. The predicted octanol–water partition coefficient (Wildman–Crippen LogP) is 3.22. The summed E-state index contributed by atoms with van der Waals surface area (Å²) in [5.41, 5.74) is 2.00. The fourth-order valence-corrected chi connectivity index (χ4v) is 3.75. The Bertz CT molecular complexity index is 893. The van der Waals surface area contributed by atoms with Crippen molar-refractivity contribution in [2.24, 2.45) is 0 Å². The van der Waals surface area contributed by atoms with Gasteiger partial charge in [0.15, 0.2) is 11.5 Å². The lowest BCUT2D eigenvalue weighted by Gasteiger charge is -2.21. The Labute approximate surface area is 177 Å². The highest BCUT2D eigenvalue weighted by Crippen LogP contribution is 2.40. The van der Waals surface area contributed by atoms with Gasteiger partial charge in [-0.3, -0.25) is 14.5 Å². The summed E-state index contributed by atoms with van der Waals surface area (Å²) in [5, 5.41) is 0. The smallest absolute Gasteiger partial charge is 0.261 e. The first kappa shape index (κ1) is 21.6. The summed E-state index contributed by atoms with van der Waals surface area (Å²) in [7, 11) is 6.82. The van der Waals surface area contributed by atoms with E-state index in [-0.39, 0.29) is 11.8 Å². The van der Waals surface area contributed by atoms with Gasteiger partial charge in [-0.05, 0) is 44.6 Å². The van der Waals surface area contributed by atoms with E-state index in [0.29, 0.717) is 41.5 Å².